The van der Waals surface area contributed by atoms with Gasteiger partial charge in [0.05, 0.1) is 11.1 Å². The summed E-state index contributed by atoms with van der Waals surface area (Å²) < 4.78 is 0. The third-order valence-corrected chi connectivity index (χ3v) is 2.89. The summed E-state index contributed by atoms with van der Waals surface area (Å²) in [7, 11) is 0. The molecule has 2 aromatic carbocycles. The summed E-state index contributed by atoms with van der Waals surface area (Å²) >= 11 is 0. The van der Waals surface area contributed by atoms with Gasteiger partial charge in [0.15, 0.2) is 0 Å². The molecule has 0 aliphatic carbocycles. The average molecular weight is 226 g/mol. The first-order valence-electron chi connectivity index (χ1n) is 5.25. The van der Waals surface area contributed by atoms with Crippen LogP contribution in [0.25, 0.3) is 21.8 Å². The highest BCUT2D eigenvalue weighted by Gasteiger charge is 2.12. The van der Waals surface area contributed by atoms with E-state index in [9.17, 15) is 4.79 Å². The van der Waals surface area contributed by atoms with Crippen LogP contribution in [0.3, 0.4) is 0 Å². The van der Waals surface area contributed by atoms with Crippen LogP contribution >= 0.6 is 0 Å². The molecule has 0 unspecified atom stereocenters. The normalized spacial score (nSPS) is 10.9. The van der Waals surface area contributed by atoms with Crippen LogP contribution in [-0.2, 0) is 0 Å². The number of para-hydroxylation sites is 2. The Morgan fingerprint density at radius 2 is 1.82 bits per heavy atom. The van der Waals surface area contributed by atoms with Crippen LogP contribution in [0, 0.1) is 0 Å². The number of hydrogen-bond acceptors (Lipinski definition) is 2. The predicted molar refractivity (Wildman–Crippen MR) is 65.1 cm³/mol. The quantitative estimate of drug-likeness (QED) is 0.440. The minimum atomic E-state index is -0.512. The van der Waals surface area contributed by atoms with Crippen molar-refractivity contribution < 1.29 is 10.0 Å². The molecular weight excluding hydrogens is 216 g/mol. The molecule has 3 N–H and O–H groups in total. The lowest BCUT2D eigenvalue weighted by molar-refractivity contribution is 0.0708. The number of benzene rings is 2. The molecule has 4 nitrogen and oxygen atoms in total. The van der Waals surface area contributed by atoms with E-state index >= 15 is 0 Å². The van der Waals surface area contributed by atoms with Crippen molar-refractivity contribution in [3.63, 3.8) is 0 Å². The Kier molecular flexibility index (Phi) is 2.09. The van der Waals surface area contributed by atoms with Crippen LogP contribution in [-0.4, -0.2) is 16.1 Å². The van der Waals surface area contributed by atoms with Crippen molar-refractivity contribution in [1.29, 1.82) is 0 Å². The highest BCUT2D eigenvalue weighted by molar-refractivity contribution is 6.14. The van der Waals surface area contributed by atoms with E-state index in [0.29, 0.717) is 5.56 Å². The highest BCUT2D eigenvalue weighted by atomic mass is 16.5. The van der Waals surface area contributed by atoms with Crippen molar-refractivity contribution >= 4 is 27.7 Å². The number of carbonyl (C=O) groups is 1. The van der Waals surface area contributed by atoms with Crippen molar-refractivity contribution in [2.75, 3.05) is 0 Å². The summed E-state index contributed by atoms with van der Waals surface area (Å²) in [6.07, 6.45) is 0. The third kappa shape index (κ3) is 1.38. The van der Waals surface area contributed by atoms with E-state index < -0.39 is 5.91 Å². The number of carbonyl (C=O) groups excluding carboxylic acids is 1. The van der Waals surface area contributed by atoms with E-state index in [4.69, 9.17) is 5.21 Å². The van der Waals surface area contributed by atoms with Gasteiger partial charge in [0.1, 0.15) is 0 Å². The first kappa shape index (κ1) is 9.86. The molecule has 4 heteroatoms. The van der Waals surface area contributed by atoms with Crippen molar-refractivity contribution in [3.05, 3.63) is 48.0 Å². The van der Waals surface area contributed by atoms with Crippen LogP contribution in [0.4, 0.5) is 0 Å². The second-order valence-electron chi connectivity index (χ2n) is 3.84. The second kappa shape index (κ2) is 3.61. The van der Waals surface area contributed by atoms with Gasteiger partial charge in [-0.3, -0.25) is 10.0 Å². The van der Waals surface area contributed by atoms with Crippen molar-refractivity contribution in [1.82, 2.24) is 10.5 Å². The van der Waals surface area contributed by atoms with E-state index in [1.807, 2.05) is 30.3 Å². The summed E-state index contributed by atoms with van der Waals surface area (Å²) in [6, 6.07) is 13.3. The van der Waals surface area contributed by atoms with E-state index in [0.717, 1.165) is 21.8 Å². The lowest BCUT2D eigenvalue weighted by Crippen LogP contribution is -2.18. The summed E-state index contributed by atoms with van der Waals surface area (Å²) in [4.78, 5) is 14.7. The molecule has 0 fully saturated rings. The molecule has 0 atom stereocenters. The fourth-order valence-corrected chi connectivity index (χ4v) is 2.12. The van der Waals surface area contributed by atoms with Crippen LogP contribution in [0.1, 0.15) is 10.4 Å². The smallest absolute Gasteiger partial charge is 0.276 e. The van der Waals surface area contributed by atoms with Crippen LogP contribution in [0.5, 0.6) is 0 Å². The van der Waals surface area contributed by atoms with E-state index in [-0.39, 0.29) is 0 Å². The van der Waals surface area contributed by atoms with Crippen molar-refractivity contribution in [2.45, 2.75) is 0 Å². The molecule has 0 aliphatic heterocycles. The first-order valence-corrected chi connectivity index (χ1v) is 5.25. The van der Waals surface area contributed by atoms with Gasteiger partial charge in [-0.2, -0.15) is 0 Å². The predicted octanol–water partition coefficient (Wildman–Crippen LogP) is 2.44. The van der Waals surface area contributed by atoms with Gasteiger partial charge in [-0.05, 0) is 12.1 Å². The molecule has 17 heavy (non-hydrogen) atoms. The second-order valence-corrected chi connectivity index (χ2v) is 3.84. The van der Waals surface area contributed by atoms with E-state index in [1.54, 1.807) is 17.6 Å². The minimum absolute atomic E-state index is 0.432. The number of hydroxylamine groups is 1. The fourth-order valence-electron chi connectivity index (χ4n) is 2.12. The maximum absolute atomic E-state index is 11.5. The number of hydrogen-bond donors (Lipinski definition) is 3. The molecule has 3 rings (SSSR count). The van der Waals surface area contributed by atoms with E-state index in [1.165, 1.54) is 0 Å². The Morgan fingerprint density at radius 3 is 2.65 bits per heavy atom. The lowest BCUT2D eigenvalue weighted by atomic mass is 10.1. The number of aromatic amines is 1. The number of rotatable bonds is 1. The lowest BCUT2D eigenvalue weighted by Gasteiger charge is -1.99. The Balaban J connectivity index is 2.43. The van der Waals surface area contributed by atoms with Crippen molar-refractivity contribution in [2.24, 2.45) is 0 Å². The maximum atomic E-state index is 11.5. The summed E-state index contributed by atoms with van der Waals surface area (Å²) in [5, 5.41) is 10.7. The van der Waals surface area contributed by atoms with Crippen molar-refractivity contribution in [3.8, 4) is 0 Å². The molecular formula is C13H10N2O2. The van der Waals surface area contributed by atoms with Crippen LogP contribution in [0.15, 0.2) is 42.5 Å². The molecule has 1 aromatic heterocycles. The molecule has 0 saturated carbocycles. The van der Waals surface area contributed by atoms with Gasteiger partial charge < -0.3 is 4.98 Å². The summed E-state index contributed by atoms with van der Waals surface area (Å²) in [5.74, 6) is -0.512. The van der Waals surface area contributed by atoms with Gasteiger partial charge >= 0.3 is 0 Å². The molecule has 3 aromatic rings. The number of amides is 1. The molecule has 0 radical (unpaired) electrons. The minimum Gasteiger partial charge on any atom is -0.354 e. The molecule has 0 bridgehead atoms. The zero-order valence-corrected chi connectivity index (χ0v) is 8.90. The zero-order valence-electron chi connectivity index (χ0n) is 8.90. The number of H-pyrrole nitrogens is 1. The Bertz CT molecular complexity index is 716. The Hall–Kier alpha value is -2.33. The monoisotopic (exact) mass is 226 g/mol. The molecule has 1 heterocycles. The Labute approximate surface area is 96.8 Å². The van der Waals surface area contributed by atoms with Gasteiger partial charge in [0, 0.05) is 16.3 Å². The van der Waals surface area contributed by atoms with Gasteiger partial charge in [0.2, 0.25) is 0 Å². The molecule has 0 aliphatic rings. The summed E-state index contributed by atoms with van der Waals surface area (Å²) in [5.41, 5.74) is 3.80. The number of fused-ring (bicyclic) bond motifs is 3. The van der Waals surface area contributed by atoms with Gasteiger partial charge in [-0.15, -0.1) is 0 Å². The largest absolute Gasteiger partial charge is 0.354 e. The maximum Gasteiger partial charge on any atom is 0.276 e. The fraction of sp³-hybridized carbons (Fsp3) is 0. The van der Waals surface area contributed by atoms with Gasteiger partial charge in [-0.25, -0.2) is 5.48 Å². The molecule has 0 saturated heterocycles. The average Bonchev–Trinajstić information content (AvgIpc) is 2.76. The molecule has 84 valence electrons. The third-order valence-electron chi connectivity index (χ3n) is 2.89. The van der Waals surface area contributed by atoms with Gasteiger partial charge in [-0.1, -0.05) is 30.3 Å². The molecule has 1 amide bonds. The first-order chi connectivity index (χ1) is 8.31. The Morgan fingerprint density at radius 1 is 1.06 bits per heavy atom. The van der Waals surface area contributed by atoms with E-state index in [2.05, 4.69) is 4.98 Å². The highest BCUT2D eigenvalue weighted by Crippen LogP contribution is 2.27. The van der Waals surface area contributed by atoms with Crippen LogP contribution < -0.4 is 5.48 Å². The zero-order chi connectivity index (χ0) is 11.8. The van der Waals surface area contributed by atoms with Crippen LogP contribution in [0.2, 0.25) is 0 Å². The number of nitrogens with one attached hydrogen (secondary N) is 2. The summed E-state index contributed by atoms with van der Waals surface area (Å²) in [6.45, 7) is 0. The topological polar surface area (TPSA) is 65.1 Å². The molecule has 0 spiro atoms. The van der Waals surface area contributed by atoms with Gasteiger partial charge in [0.25, 0.3) is 5.91 Å². The number of aromatic nitrogens is 1. The SMILES string of the molecule is O=C(NO)c1cccc2c1[nH]c1ccccc12. The standard InChI is InChI=1S/C13H10N2O2/c16-13(15-17)10-6-3-5-9-8-4-1-2-7-11(8)14-12(9)10/h1-7,14,17H,(H,15,16).